The van der Waals surface area contributed by atoms with Crippen molar-refractivity contribution in [2.24, 2.45) is 0 Å². The summed E-state index contributed by atoms with van der Waals surface area (Å²) in [5, 5.41) is 0. The molecule has 10 rings (SSSR count). The summed E-state index contributed by atoms with van der Waals surface area (Å²) in [4.78, 5) is 30.8. The lowest BCUT2D eigenvalue weighted by Gasteiger charge is -2.05. The number of fused-ring (bicyclic) bond motifs is 1. The highest BCUT2D eigenvalue weighted by Crippen LogP contribution is 2.29. The largest absolute Gasteiger partial charge is 0.416 e. The number of H-pyrrole nitrogens is 1. The average Bonchev–Trinajstić information content (AvgIpc) is 4.06. The van der Waals surface area contributed by atoms with Gasteiger partial charge in [0.25, 0.3) is 0 Å². The molecule has 0 spiro atoms. The number of benzene rings is 4. The lowest BCUT2D eigenvalue weighted by atomic mass is 10.1. The molecule has 10 aromatic rings. The molecule has 0 radical (unpaired) electrons. The molecule has 9 nitrogen and oxygen atoms in total. The van der Waals surface area contributed by atoms with E-state index in [1.165, 1.54) is 47.7 Å². The predicted molar refractivity (Wildman–Crippen MR) is 290 cm³/mol. The fourth-order valence-electron chi connectivity index (χ4n) is 5.43. The van der Waals surface area contributed by atoms with Gasteiger partial charge in [0.15, 0.2) is 0 Å². The van der Waals surface area contributed by atoms with E-state index < -0.39 is 11.7 Å². The number of pyridine rings is 3. The second kappa shape index (κ2) is 36.7. The smallest absolute Gasteiger partial charge is 0.342 e. The molecule has 0 aliphatic rings. The van der Waals surface area contributed by atoms with Gasteiger partial charge in [0.1, 0.15) is 17.5 Å². The number of nitrogens with one attached hydrogen (secondary N) is 1. The number of aromatic nitrogens is 9. The van der Waals surface area contributed by atoms with Crippen molar-refractivity contribution in [1.29, 1.82) is 0 Å². The van der Waals surface area contributed by atoms with Crippen molar-refractivity contribution in [3.05, 3.63) is 270 Å². The maximum absolute atomic E-state index is 12.1. The molecule has 0 unspecified atom stereocenters. The van der Waals surface area contributed by atoms with Crippen LogP contribution in [-0.2, 0) is 12.7 Å². The van der Waals surface area contributed by atoms with Crippen LogP contribution in [0, 0.1) is 61.2 Å². The molecule has 0 amide bonds. The van der Waals surface area contributed by atoms with E-state index >= 15 is 0 Å². The second-order valence-corrected chi connectivity index (χ2v) is 16.1. The predicted octanol–water partition coefficient (Wildman–Crippen LogP) is 15.7. The van der Waals surface area contributed by atoms with Gasteiger partial charge in [-0.25, -0.2) is 24.3 Å². The van der Waals surface area contributed by atoms with Gasteiger partial charge in [0.05, 0.1) is 22.9 Å². The van der Waals surface area contributed by atoms with Crippen LogP contribution >= 0.6 is 0 Å². The van der Waals surface area contributed by atoms with E-state index in [0.717, 1.165) is 52.6 Å². The van der Waals surface area contributed by atoms with Crippen LogP contribution < -0.4 is 0 Å². The minimum absolute atomic E-state index is 0.171. The Morgan fingerprint density at radius 3 is 1.52 bits per heavy atom. The van der Waals surface area contributed by atoms with Gasteiger partial charge in [-0.1, -0.05) is 115 Å². The third-order valence-electron chi connectivity index (χ3n) is 9.30. The number of nitrogens with zero attached hydrogens (tertiary/aromatic N) is 8. The molecule has 0 atom stereocenters. The molecule has 0 bridgehead atoms. The highest BCUT2D eigenvalue weighted by Gasteiger charge is 2.29. The summed E-state index contributed by atoms with van der Waals surface area (Å²) in [6.45, 7) is 18.8. The van der Waals surface area contributed by atoms with Crippen LogP contribution in [0.2, 0.25) is 0 Å². The number of unbranched alkanes of at least 4 members (excludes halogenated alkanes) is 1. The van der Waals surface area contributed by atoms with Crippen molar-refractivity contribution >= 4 is 11.0 Å². The lowest BCUT2D eigenvalue weighted by molar-refractivity contribution is -0.137. The lowest BCUT2D eigenvalue weighted by Crippen LogP contribution is -2.04. The molecule has 0 saturated carbocycles. The number of para-hydroxylation sites is 2. The summed E-state index contributed by atoms with van der Waals surface area (Å²) >= 11 is 0. The van der Waals surface area contributed by atoms with Gasteiger partial charge < -0.3 is 9.55 Å². The van der Waals surface area contributed by atoms with E-state index in [2.05, 4.69) is 70.4 Å². The Morgan fingerprint density at radius 1 is 0.507 bits per heavy atom. The van der Waals surface area contributed by atoms with E-state index in [-0.39, 0.29) is 5.82 Å². The summed E-state index contributed by atoms with van der Waals surface area (Å²) in [5.74, 6) is 1.62. The summed E-state index contributed by atoms with van der Waals surface area (Å²) in [6.07, 6.45) is 16.4. The fourth-order valence-corrected chi connectivity index (χ4v) is 5.43. The van der Waals surface area contributed by atoms with Gasteiger partial charge >= 0.3 is 6.18 Å². The van der Waals surface area contributed by atoms with Crippen LogP contribution in [0.15, 0.2) is 214 Å². The first-order valence-electron chi connectivity index (χ1n) is 23.6. The average molecular weight is 992 g/mol. The number of alkyl halides is 3. The molecule has 4 aromatic carbocycles. The fraction of sp³-hybridized carbons (Fsp3) is 0.217. The van der Waals surface area contributed by atoms with Crippen LogP contribution in [-0.4, -0.2) is 44.4 Å². The van der Waals surface area contributed by atoms with Gasteiger partial charge in [-0.3, -0.25) is 15.0 Å². The zero-order chi connectivity index (χ0) is 53.5. The first-order valence-corrected chi connectivity index (χ1v) is 23.6. The monoisotopic (exact) mass is 992 g/mol. The number of aryl methyl sites for hydroxylation is 9. The van der Waals surface area contributed by atoms with Crippen molar-refractivity contribution in [2.45, 2.75) is 87.9 Å². The number of halogens is 4. The molecule has 0 saturated heterocycles. The SMILES string of the molecule is CCCCn1ccnc1.Cc1ccc(F)cc1.Cc1cccc(C(F)(F)F)c1.Cc1ccccc1.Cc1ccccn1.Cc1cccnc1.Cc1ccncc1.Cc1nc2ccccc2[nH]1.Cc1ncccn1. The first-order chi connectivity index (χ1) is 35.0. The van der Waals surface area contributed by atoms with E-state index in [4.69, 9.17) is 0 Å². The number of hydrogen-bond acceptors (Lipinski definition) is 7. The van der Waals surface area contributed by atoms with E-state index in [0.29, 0.717) is 5.56 Å². The highest BCUT2D eigenvalue weighted by atomic mass is 19.4. The number of imidazole rings is 2. The first kappa shape index (κ1) is 60.9. The second-order valence-electron chi connectivity index (χ2n) is 16.1. The van der Waals surface area contributed by atoms with Crippen molar-refractivity contribution in [3.63, 3.8) is 0 Å². The van der Waals surface area contributed by atoms with E-state index in [9.17, 15) is 17.6 Å². The van der Waals surface area contributed by atoms with E-state index in [1.54, 1.807) is 68.4 Å². The molecule has 1 N–H and O–H groups in total. The topological polar surface area (TPSA) is 111 Å². The Bertz CT molecular complexity index is 2560. The Labute approximate surface area is 429 Å². The van der Waals surface area contributed by atoms with Crippen LogP contribution in [0.1, 0.15) is 70.5 Å². The molecule has 382 valence electrons. The number of rotatable bonds is 3. The number of hydrogen-bond donors (Lipinski definition) is 1. The van der Waals surface area contributed by atoms with Crippen molar-refractivity contribution < 1.29 is 17.6 Å². The molecule has 0 aliphatic carbocycles. The summed E-state index contributed by atoms with van der Waals surface area (Å²) in [6, 6.07) is 45.4. The minimum Gasteiger partial charge on any atom is -0.342 e. The third kappa shape index (κ3) is 31.6. The molecular weight excluding hydrogens is 923 g/mol. The Morgan fingerprint density at radius 2 is 1.11 bits per heavy atom. The maximum Gasteiger partial charge on any atom is 0.416 e. The maximum atomic E-state index is 12.1. The Balaban J connectivity index is 0.000000283. The molecule has 6 aromatic heterocycles. The molecule has 0 aliphatic heterocycles. The zero-order valence-electron chi connectivity index (χ0n) is 43.4. The van der Waals surface area contributed by atoms with Gasteiger partial charge in [-0.15, -0.1) is 0 Å². The van der Waals surface area contributed by atoms with Crippen molar-refractivity contribution in [3.8, 4) is 0 Å². The quantitative estimate of drug-likeness (QED) is 0.176. The number of aromatic amines is 1. The minimum atomic E-state index is -4.22. The Hall–Kier alpha value is -8.19. The van der Waals surface area contributed by atoms with Gasteiger partial charge in [0.2, 0.25) is 0 Å². The molecule has 73 heavy (non-hydrogen) atoms. The Kier molecular flexibility index (Phi) is 30.6. The van der Waals surface area contributed by atoms with Gasteiger partial charge in [0, 0.05) is 68.0 Å². The van der Waals surface area contributed by atoms with Crippen LogP contribution in [0.5, 0.6) is 0 Å². The molecular formula is C60H69F4N9. The van der Waals surface area contributed by atoms with Crippen molar-refractivity contribution in [1.82, 2.24) is 44.4 Å². The normalized spacial score (nSPS) is 9.60. The van der Waals surface area contributed by atoms with Crippen molar-refractivity contribution in [2.75, 3.05) is 0 Å². The third-order valence-corrected chi connectivity index (χ3v) is 9.30. The summed E-state index contributed by atoms with van der Waals surface area (Å²) in [7, 11) is 0. The van der Waals surface area contributed by atoms with Gasteiger partial charge in [-0.2, -0.15) is 13.2 Å². The van der Waals surface area contributed by atoms with Crippen LogP contribution in [0.25, 0.3) is 11.0 Å². The standard InChI is InChI=1S/C8H7F3.C8H8N2.C7H7F.C7H12N2.C7H8.3C6H7N.C5H6N2/c1-6-3-2-4-7(5-6)8(9,10)11;1-6-9-7-4-2-3-5-8(7)10-6;1-6-2-4-7(8)5-3-6;1-2-3-5-9-6-4-8-7-9;1-7-5-3-2-4-6-7;1-6-2-4-7-5-3-6;1-6-3-2-4-7-5-6;1-6-4-2-3-5-7-6;1-5-6-3-2-4-7-5/h2-5H,1H3;2-5H,1H3,(H,9,10);2-5H,1H3;4,6-7H,2-3,5H2,1H3;2-6H,1H3;3*2-5H,1H3;2-4H,1H3. The highest BCUT2D eigenvalue weighted by molar-refractivity contribution is 5.74. The molecule has 0 fully saturated rings. The van der Waals surface area contributed by atoms with Crippen LogP contribution in [0.4, 0.5) is 17.6 Å². The molecule has 13 heteroatoms. The van der Waals surface area contributed by atoms with Crippen LogP contribution in [0.3, 0.4) is 0 Å². The van der Waals surface area contributed by atoms with E-state index in [1.807, 2.05) is 151 Å². The molecule has 6 heterocycles. The summed E-state index contributed by atoms with van der Waals surface area (Å²) in [5.41, 5.74) is 8.14. The zero-order valence-corrected chi connectivity index (χ0v) is 43.4. The summed E-state index contributed by atoms with van der Waals surface area (Å²) < 4.78 is 50.1. The van der Waals surface area contributed by atoms with Gasteiger partial charge in [-0.05, 0) is 140 Å².